The summed E-state index contributed by atoms with van der Waals surface area (Å²) in [7, 11) is 4.13. The fourth-order valence-corrected chi connectivity index (χ4v) is 4.05. The Morgan fingerprint density at radius 2 is 1.76 bits per heavy atom. The third-order valence-corrected chi connectivity index (χ3v) is 5.92. The van der Waals surface area contributed by atoms with E-state index in [9.17, 15) is 8.78 Å². The molecule has 0 amide bonds. The molecular formula is C23H32F2N8. The highest BCUT2D eigenvalue weighted by atomic mass is 19.2. The topological polar surface area (TPSA) is 79.3 Å². The highest BCUT2D eigenvalue weighted by Gasteiger charge is 2.27. The minimum absolute atomic E-state index is 0.0495. The van der Waals surface area contributed by atoms with Gasteiger partial charge in [0.15, 0.2) is 17.3 Å². The van der Waals surface area contributed by atoms with Crippen LogP contribution in [0.5, 0.6) is 0 Å². The molecule has 3 aromatic rings. The number of nitrogens with two attached hydrogens (primary N) is 1. The van der Waals surface area contributed by atoms with Crippen LogP contribution in [0.15, 0.2) is 18.2 Å². The van der Waals surface area contributed by atoms with Gasteiger partial charge in [0, 0.05) is 44.8 Å². The number of hydrogen-bond donors (Lipinski definition) is 1. The summed E-state index contributed by atoms with van der Waals surface area (Å²) in [5.74, 6) is -1.11. The van der Waals surface area contributed by atoms with E-state index in [0.29, 0.717) is 22.8 Å². The number of piperazine rings is 1. The summed E-state index contributed by atoms with van der Waals surface area (Å²) in [5.41, 5.74) is 6.70. The van der Waals surface area contributed by atoms with Crippen LogP contribution in [-0.4, -0.2) is 82.9 Å². The quantitative estimate of drug-likeness (QED) is 0.630. The lowest BCUT2D eigenvalue weighted by Gasteiger charge is -2.35. The number of rotatable bonds is 5. The molecule has 178 valence electrons. The summed E-state index contributed by atoms with van der Waals surface area (Å²) in [6, 6.07) is 4.07. The molecule has 0 spiro atoms. The number of nitrogen functional groups attached to an aromatic ring is 1. The number of hydrogen-bond acceptors (Lipinski definition) is 7. The predicted molar refractivity (Wildman–Crippen MR) is 127 cm³/mol. The fourth-order valence-electron chi connectivity index (χ4n) is 4.05. The average Bonchev–Trinajstić information content (AvgIpc) is 3.11. The molecule has 2 aromatic heterocycles. The SMILES string of the molecule is CN(C)CCN1CCN(c2nc(-c3cccc(F)c3F)c3c(N)n(C(C)(C)C)nc3n2)CC1. The lowest BCUT2D eigenvalue weighted by Crippen LogP contribution is -2.48. The summed E-state index contributed by atoms with van der Waals surface area (Å²) in [4.78, 5) is 16.0. The number of halogens is 2. The number of fused-ring (bicyclic) bond motifs is 1. The van der Waals surface area contributed by atoms with E-state index in [-0.39, 0.29) is 11.3 Å². The van der Waals surface area contributed by atoms with Crippen LogP contribution in [0.4, 0.5) is 20.5 Å². The van der Waals surface area contributed by atoms with Crippen molar-refractivity contribution in [1.82, 2.24) is 29.5 Å². The Morgan fingerprint density at radius 3 is 2.39 bits per heavy atom. The Kier molecular flexibility index (Phi) is 6.24. The van der Waals surface area contributed by atoms with E-state index in [2.05, 4.69) is 33.9 Å². The van der Waals surface area contributed by atoms with Gasteiger partial charge in [0.2, 0.25) is 5.95 Å². The van der Waals surface area contributed by atoms with Gasteiger partial charge in [-0.2, -0.15) is 4.98 Å². The van der Waals surface area contributed by atoms with Gasteiger partial charge in [0.25, 0.3) is 0 Å². The summed E-state index contributed by atoms with van der Waals surface area (Å²) in [6.07, 6.45) is 0. The molecule has 0 aliphatic carbocycles. The third-order valence-electron chi connectivity index (χ3n) is 5.92. The maximum atomic E-state index is 14.8. The highest BCUT2D eigenvalue weighted by molar-refractivity contribution is 5.99. The van der Waals surface area contributed by atoms with Crippen molar-refractivity contribution in [3.63, 3.8) is 0 Å². The maximum absolute atomic E-state index is 14.8. The van der Waals surface area contributed by atoms with Crippen molar-refractivity contribution in [2.75, 3.05) is 64.0 Å². The first-order valence-electron chi connectivity index (χ1n) is 11.2. The number of nitrogens with zero attached hydrogens (tertiary/aromatic N) is 7. The molecular weight excluding hydrogens is 426 g/mol. The molecule has 3 heterocycles. The second kappa shape index (κ2) is 8.83. The first kappa shape index (κ1) is 23.3. The Labute approximate surface area is 193 Å². The molecule has 1 saturated heterocycles. The van der Waals surface area contributed by atoms with E-state index >= 15 is 0 Å². The van der Waals surface area contributed by atoms with Gasteiger partial charge >= 0.3 is 0 Å². The van der Waals surface area contributed by atoms with Crippen molar-refractivity contribution < 1.29 is 8.78 Å². The zero-order valence-electron chi connectivity index (χ0n) is 19.9. The van der Waals surface area contributed by atoms with Crippen molar-refractivity contribution in [3.8, 4) is 11.3 Å². The van der Waals surface area contributed by atoms with Crippen molar-refractivity contribution in [2.24, 2.45) is 0 Å². The minimum Gasteiger partial charge on any atom is -0.383 e. The maximum Gasteiger partial charge on any atom is 0.228 e. The van der Waals surface area contributed by atoms with Crippen molar-refractivity contribution >= 4 is 22.8 Å². The molecule has 2 N–H and O–H groups in total. The van der Waals surface area contributed by atoms with Crippen LogP contribution >= 0.6 is 0 Å². The molecule has 1 aliphatic heterocycles. The van der Waals surface area contributed by atoms with Gasteiger partial charge in [0.1, 0.15) is 5.82 Å². The third kappa shape index (κ3) is 4.63. The summed E-state index contributed by atoms with van der Waals surface area (Å²) >= 11 is 0. The first-order chi connectivity index (χ1) is 15.6. The Bertz CT molecular complexity index is 1140. The number of benzene rings is 1. The molecule has 0 radical (unpaired) electrons. The molecule has 4 rings (SSSR count). The summed E-state index contributed by atoms with van der Waals surface area (Å²) in [5, 5.41) is 5.06. The summed E-state index contributed by atoms with van der Waals surface area (Å²) < 4.78 is 30.6. The van der Waals surface area contributed by atoms with Crippen LogP contribution in [0, 0.1) is 11.6 Å². The zero-order chi connectivity index (χ0) is 23.9. The molecule has 10 heteroatoms. The molecule has 0 unspecified atom stereocenters. The van der Waals surface area contributed by atoms with Gasteiger partial charge in [-0.1, -0.05) is 6.07 Å². The van der Waals surface area contributed by atoms with Crippen LogP contribution in [0.3, 0.4) is 0 Å². The van der Waals surface area contributed by atoms with E-state index in [4.69, 9.17) is 15.7 Å². The van der Waals surface area contributed by atoms with Gasteiger partial charge in [-0.25, -0.2) is 18.4 Å². The normalized spacial score (nSPS) is 15.7. The average molecular weight is 459 g/mol. The van der Waals surface area contributed by atoms with Gasteiger partial charge in [0.05, 0.1) is 16.6 Å². The van der Waals surface area contributed by atoms with E-state index in [0.717, 1.165) is 45.3 Å². The molecule has 1 fully saturated rings. The lowest BCUT2D eigenvalue weighted by molar-refractivity contribution is 0.229. The Balaban J connectivity index is 1.77. The molecule has 0 atom stereocenters. The summed E-state index contributed by atoms with van der Waals surface area (Å²) in [6.45, 7) is 11.1. The van der Waals surface area contributed by atoms with Crippen LogP contribution in [0.25, 0.3) is 22.3 Å². The second-order valence-corrected chi connectivity index (χ2v) is 9.77. The van der Waals surface area contributed by atoms with E-state index in [1.54, 1.807) is 4.68 Å². The van der Waals surface area contributed by atoms with E-state index < -0.39 is 17.2 Å². The fraction of sp³-hybridized carbons (Fsp3) is 0.522. The highest BCUT2D eigenvalue weighted by Crippen LogP contribution is 2.36. The second-order valence-electron chi connectivity index (χ2n) is 9.77. The van der Waals surface area contributed by atoms with Crippen LogP contribution in [-0.2, 0) is 5.54 Å². The molecule has 8 nitrogen and oxygen atoms in total. The lowest BCUT2D eigenvalue weighted by atomic mass is 10.1. The van der Waals surface area contributed by atoms with Crippen LogP contribution in [0.1, 0.15) is 20.8 Å². The van der Waals surface area contributed by atoms with E-state index in [1.807, 2.05) is 20.8 Å². The zero-order valence-corrected chi connectivity index (χ0v) is 19.9. The molecule has 0 saturated carbocycles. The van der Waals surface area contributed by atoms with Gasteiger partial charge < -0.3 is 15.5 Å². The number of likely N-dealkylation sites (N-methyl/N-ethyl adjacent to an activating group) is 1. The molecule has 1 aromatic carbocycles. The first-order valence-corrected chi connectivity index (χ1v) is 11.2. The van der Waals surface area contributed by atoms with Gasteiger partial charge in [-0.15, -0.1) is 5.10 Å². The largest absolute Gasteiger partial charge is 0.383 e. The molecule has 33 heavy (non-hydrogen) atoms. The van der Waals surface area contributed by atoms with Crippen LogP contribution in [0.2, 0.25) is 0 Å². The Hall–Kier alpha value is -2.85. The number of aromatic nitrogens is 4. The van der Waals surface area contributed by atoms with E-state index in [1.165, 1.54) is 12.1 Å². The van der Waals surface area contributed by atoms with Gasteiger partial charge in [-0.3, -0.25) is 4.90 Å². The monoisotopic (exact) mass is 458 g/mol. The number of anilines is 2. The van der Waals surface area contributed by atoms with Crippen molar-refractivity contribution in [1.29, 1.82) is 0 Å². The standard InChI is InChI=1S/C23H32F2N8/c1-23(2,3)33-20(26)17-19(15-7-6-8-16(24)18(15)25)27-22(28-21(17)29-33)32-13-11-31(12-14-32)10-9-30(4)5/h6-8H,9-14,26H2,1-5H3. The van der Waals surface area contributed by atoms with Crippen LogP contribution < -0.4 is 10.6 Å². The smallest absolute Gasteiger partial charge is 0.228 e. The van der Waals surface area contributed by atoms with Crippen molar-refractivity contribution in [3.05, 3.63) is 29.8 Å². The molecule has 0 bridgehead atoms. The van der Waals surface area contributed by atoms with Gasteiger partial charge in [-0.05, 0) is 47.0 Å². The molecule has 1 aliphatic rings. The van der Waals surface area contributed by atoms with Crippen molar-refractivity contribution in [2.45, 2.75) is 26.3 Å². The Morgan fingerprint density at radius 1 is 1.06 bits per heavy atom. The predicted octanol–water partition coefficient (Wildman–Crippen LogP) is 2.79. The minimum atomic E-state index is -0.958.